The Bertz CT molecular complexity index is 1550. The molecule has 0 radical (unpaired) electrons. The van der Waals surface area contributed by atoms with Crippen LogP contribution in [-0.4, -0.2) is 17.8 Å². The second kappa shape index (κ2) is 11.2. The van der Waals surface area contributed by atoms with E-state index in [0.717, 1.165) is 27.2 Å². The summed E-state index contributed by atoms with van der Waals surface area (Å²) in [6.07, 6.45) is 2.21. The van der Waals surface area contributed by atoms with Gasteiger partial charge in [-0.3, -0.25) is 14.9 Å². The third-order valence-corrected chi connectivity index (χ3v) is 6.48. The molecule has 39 heavy (non-hydrogen) atoms. The molecular weight excluding hydrogens is 488 g/mol. The van der Waals surface area contributed by atoms with E-state index in [9.17, 15) is 14.4 Å². The molecule has 5 rings (SSSR count). The van der Waals surface area contributed by atoms with E-state index in [0.29, 0.717) is 24.5 Å². The number of carbonyl (C=O) groups excluding carboxylic acids is 3. The molecule has 1 fully saturated rings. The molecule has 4 aromatic carbocycles. The highest BCUT2D eigenvalue weighted by molar-refractivity contribution is 6.39. The van der Waals surface area contributed by atoms with Crippen molar-refractivity contribution >= 4 is 29.6 Å². The summed E-state index contributed by atoms with van der Waals surface area (Å²) in [6, 6.07) is 29.6. The van der Waals surface area contributed by atoms with Gasteiger partial charge in [0.25, 0.3) is 11.8 Å². The summed E-state index contributed by atoms with van der Waals surface area (Å²) in [6.45, 7) is 4.51. The molecule has 6 heteroatoms. The van der Waals surface area contributed by atoms with E-state index in [1.165, 1.54) is 11.1 Å². The van der Waals surface area contributed by atoms with Gasteiger partial charge in [-0.2, -0.15) is 0 Å². The lowest BCUT2D eigenvalue weighted by Gasteiger charge is -2.26. The summed E-state index contributed by atoms with van der Waals surface area (Å²) in [5, 5.41) is 2.30. The van der Waals surface area contributed by atoms with Gasteiger partial charge in [-0.1, -0.05) is 83.9 Å². The predicted octanol–water partition coefficient (Wildman–Crippen LogP) is 6.14. The summed E-state index contributed by atoms with van der Waals surface area (Å²) < 4.78 is 5.81. The summed E-state index contributed by atoms with van der Waals surface area (Å²) >= 11 is 0. The predicted molar refractivity (Wildman–Crippen MR) is 151 cm³/mol. The van der Waals surface area contributed by atoms with Gasteiger partial charge < -0.3 is 4.74 Å². The van der Waals surface area contributed by atoms with Crippen LogP contribution >= 0.6 is 0 Å². The molecule has 1 N–H and O–H groups in total. The highest BCUT2D eigenvalue weighted by atomic mass is 16.5. The maximum atomic E-state index is 13.5. The Morgan fingerprint density at radius 1 is 0.769 bits per heavy atom. The largest absolute Gasteiger partial charge is 0.489 e. The molecule has 0 spiro atoms. The SMILES string of the molecule is Cc1cc(C)cc(Cc2ccccc2/C=C2\C(=O)NC(=O)N(c3ccc(OCc4ccccc4)cc3)C2=O)c1. The van der Waals surface area contributed by atoms with Crippen LogP contribution in [0.3, 0.4) is 0 Å². The van der Waals surface area contributed by atoms with Gasteiger partial charge in [0.05, 0.1) is 5.69 Å². The van der Waals surface area contributed by atoms with Crippen LogP contribution in [0.5, 0.6) is 5.75 Å². The Morgan fingerprint density at radius 3 is 2.15 bits per heavy atom. The number of hydrogen-bond acceptors (Lipinski definition) is 4. The minimum atomic E-state index is -0.788. The van der Waals surface area contributed by atoms with Crippen LogP contribution in [0.15, 0.2) is 103 Å². The number of rotatable bonds is 7. The zero-order chi connectivity index (χ0) is 27.4. The van der Waals surface area contributed by atoms with Gasteiger partial charge in [-0.15, -0.1) is 0 Å². The van der Waals surface area contributed by atoms with E-state index in [2.05, 4.69) is 37.4 Å². The third kappa shape index (κ3) is 5.96. The molecule has 0 aliphatic carbocycles. The first-order chi connectivity index (χ1) is 18.9. The van der Waals surface area contributed by atoms with E-state index in [1.807, 2.05) is 54.6 Å². The fraction of sp³-hybridized carbons (Fsp3) is 0.121. The zero-order valence-electron chi connectivity index (χ0n) is 21.8. The molecule has 0 saturated carbocycles. The average Bonchev–Trinajstić information content (AvgIpc) is 2.91. The Morgan fingerprint density at radius 2 is 1.44 bits per heavy atom. The molecule has 4 amide bonds. The highest BCUT2D eigenvalue weighted by Gasteiger charge is 2.36. The first kappa shape index (κ1) is 25.7. The molecule has 0 unspecified atom stereocenters. The summed E-state index contributed by atoms with van der Waals surface area (Å²) in [4.78, 5) is 39.9. The van der Waals surface area contributed by atoms with Crippen LogP contribution in [-0.2, 0) is 22.6 Å². The summed E-state index contributed by atoms with van der Waals surface area (Å²) in [5.41, 5.74) is 6.47. The number of carbonyl (C=O) groups is 3. The van der Waals surface area contributed by atoms with Gasteiger partial charge in [-0.05, 0) is 72.9 Å². The molecule has 0 aromatic heterocycles. The van der Waals surface area contributed by atoms with Gasteiger partial charge in [-0.25, -0.2) is 9.69 Å². The normalized spacial score (nSPS) is 14.5. The van der Waals surface area contributed by atoms with E-state index in [-0.39, 0.29) is 5.57 Å². The van der Waals surface area contributed by atoms with Gasteiger partial charge in [0.2, 0.25) is 0 Å². The van der Waals surface area contributed by atoms with Crippen LogP contribution in [0.4, 0.5) is 10.5 Å². The first-order valence-electron chi connectivity index (χ1n) is 12.7. The molecule has 1 heterocycles. The maximum Gasteiger partial charge on any atom is 0.335 e. The van der Waals surface area contributed by atoms with Crippen molar-refractivity contribution < 1.29 is 19.1 Å². The zero-order valence-corrected chi connectivity index (χ0v) is 21.8. The smallest absolute Gasteiger partial charge is 0.335 e. The van der Waals surface area contributed by atoms with Crippen LogP contribution in [0.1, 0.15) is 33.4 Å². The minimum Gasteiger partial charge on any atom is -0.489 e. The number of benzene rings is 4. The third-order valence-electron chi connectivity index (χ3n) is 6.48. The van der Waals surface area contributed by atoms with Crippen LogP contribution < -0.4 is 15.0 Å². The maximum absolute atomic E-state index is 13.5. The molecule has 1 saturated heterocycles. The second-order valence-electron chi connectivity index (χ2n) is 9.60. The van der Waals surface area contributed by atoms with Crippen molar-refractivity contribution in [2.24, 2.45) is 0 Å². The van der Waals surface area contributed by atoms with Gasteiger partial charge in [0, 0.05) is 0 Å². The van der Waals surface area contributed by atoms with Crippen molar-refractivity contribution in [2.45, 2.75) is 26.9 Å². The van der Waals surface area contributed by atoms with Gasteiger partial charge in [0.1, 0.15) is 17.9 Å². The number of nitrogens with one attached hydrogen (secondary N) is 1. The molecule has 0 bridgehead atoms. The van der Waals surface area contributed by atoms with Crippen LogP contribution in [0, 0.1) is 13.8 Å². The average molecular weight is 517 g/mol. The molecule has 6 nitrogen and oxygen atoms in total. The number of hydrogen-bond donors (Lipinski definition) is 1. The minimum absolute atomic E-state index is 0.105. The molecule has 0 atom stereocenters. The molecule has 1 aliphatic rings. The quantitative estimate of drug-likeness (QED) is 0.237. The monoisotopic (exact) mass is 516 g/mol. The number of urea groups is 1. The van der Waals surface area contributed by atoms with E-state index in [4.69, 9.17) is 4.74 Å². The number of imide groups is 2. The van der Waals surface area contributed by atoms with Gasteiger partial charge >= 0.3 is 6.03 Å². The Kier molecular flexibility index (Phi) is 7.37. The first-order valence-corrected chi connectivity index (χ1v) is 12.7. The Hall–Kier alpha value is -4.97. The fourth-order valence-corrected chi connectivity index (χ4v) is 4.71. The Labute approximate surface area is 227 Å². The molecule has 194 valence electrons. The number of anilines is 1. The number of barbiturate groups is 1. The van der Waals surface area contributed by atoms with Gasteiger partial charge in [0.15, 0.2) is 0 Å². The van der Waals surface area contributed by atoms with Crippen LogP contribution in [0.2, 0.25) is 0 Å². The lowest BCUT2D eigenvalue weighted by molar-refractivity contribution is -0.122. The van der Waals surface area contributed by atoms with Crippen molar-refractivity contribution in [2.75, 3.05) is 4.90 Å². The van der Waals surface area contributed by atoms with E-state index in [1.54, 1.807) is 30.3 Å². The molecule has 1 aliphatic heterocycles. The van der Waals surface area contributed by atoms with Crippen molar-refractivity contribution in [3.8, 4) is 5.75 Å². The van der Waals surface area contributed by atoms with Crippen molar-refractivity contribution in [1.82, 2.24) is 5.32 Å². The van der Waals surface area contributed by atoms with E-state index < -0.39 is 17.8 Å². The lowest BCUT2D eigenvalue weighted by Crippen LogP contribution is -2.54. The number of aryl methyl sites for hydroxylation is 2. The summed E-state index contributed by atoms with van der Waals surface area (Å²) in [5.74, 6) is -0.798. The Balaban J connectivity index is 1.38. The number of nitrogens with zero attached hydrogens (tertiary/aromatic N) is 1. The summed E-state index contributed by atoms with van der Waals surface area (Å²) in [7, 11) is 0. The topological polar surface area (TPSA) is 75.7 Å². The van der Waals surface area contributed by atoms with E-state index >= 15 is 0 Å². The van der Waals surface area contributed by atoms with Crippen molar-refractivity contribution in [3.05, 3.63) is 136 Å². The van der Waals surface area contributed by atoms with Crippen molar-refractivity contribution in [3.63, 3.8) is 0 Å². The van der Waals surface area contributed by atoms with Crippen LogP contribution in [0.25, 0.3) is 6.08 Å². The molecule has 4 aromatic rings. The highest BCUT2D eigenvalue weighted by Crippen LogP contribution is 2.26. The number of ether oxygens (including phenoxy) is 1. The number of amides is 4. The standard InChI is InChI=1S/C33H28N2O4/c1-22-16-23(2)18-25(17-22)19-26-10-6-7-11-27(26)20-30-31(36)34-33(38)35(32(30)37)28-12-14-29(15-13-28)39-21-24-8-4-3-5-9-24/h3-18,20H,19,21H2,1-2H3,(H,34,36,38)/b30-20+. The fourth-order valence-electron chi connectivity index (χ4n) is 4.71. The molecular formula is C33H28N2O4. The lowest BCUT2D eigenvalue weighted by atomic mass is 9.95. The van der Waals surface area contributed by atoms with Crippen molar-refractivity contribution in [1.29, 1.82) is 0 Å². The second-order valence-corrected chi connectivity index (χ2v) is 9.60.